The monoisotopic (exact) mass is 455 g/mol. The lowest BCUT2D eigenvalue weighted by atomic mass is 9.69. The molecule has 1 aromatic heterocycles. The number of halogens is 1. The normalized spacial score (nSPS) is 20.6. The van der Waals surface area contributed by atoms with Crippen LogP contribution in [0, 0.1) is 12.7 Å². The lowest BCUT2D eigenvalue weighted by Gasteiger charge is -2.38. The van der Waals surface area contributed by atoms with Gasteiger partial charge in [0.1, 0.15) is 11.6 Å². The van der Waals surface area contributed by atoms with Gasteiger partial charge in [-0.05, 0) is 75.9 Å². The van der Waals surface area contributed by atoms with Crippen molar-refractivity contribution in [3.8, 4) is 0 Å². The molecule has 0 unspecified atom stereocenters. The topological polar surface area (TPSA) is 53.1 Å². The number of piperidine rings is 1. The Bertz CT molecular complexity index is 926. The molecule has 2 aromatic rings. The minimum atomic E-state index is -0.194. The van der Waals surface area contributed by atoms with Gasteiger partial charge < -0.3 is 15.5 Å². The number of nitrogens with zero attached hydrogens (tertiary/aromatic N) is 3. The molecular formula is C25H34FN5S. The summed E-state index contributed by atoms with van der Waals surface area (Å²) < 4.78 is 13.5. The van der Waals surface area contributed by atoms with Crippen LogP contribution in [0.2, 0.25) is 0 Å². The van der Waals surface area contributed by atoms with Crippen molar-refractivity contribution in [2.24, 2.45) is 0 Å². The van der Waals surface area contributed by atoms with Crippen molar-refractivity contribution in [1.82, 2.24) is 15.3 Å². The molecule has 0 spiro atoms. The predicted octanol–water partition coefficient (Wildman–Crippen LogP) is 5.49. The van der Waals surface area contributed by atoms with Gasteiger partial charge in [0, 0.05) is 36.3 Å². The van der Waals surface area contributed by atoms with Crippen molar-refractivity contribution < 1.29 is 4.39 Å². The van der Waals surface area contributed by atoms with E-state index in [4.69, 9.17) is 17.2 Å². The quantitative estimate of drug-likeness (QED) is 0.582. The molecule has 0 bridgehead atoms. The number of anilines is 2. The highest BCUT2D eigenvalue weighted by Gasteiger charge is 2.34. The Morgan fingerprint density at radius 1 is 1.12 bits per heavy atom. The van der Waals surface area contributed by atoms with Crippen molar-refractivity contribution in [2.75, 3.05) is 23.3 Å². The van der Waals surface area contributed by atoms with Crippen molar-refractivity contribution in [3.05, 3.63) is 47.4 Å². The SMILES string of the molecule is Cc1cc(N2CCCC[C@@H]2C)nc(NC(=S)NCC2(c3ccc(F)cc3)CCCCC2)n1. The number of rotatable bonds is 5. The average molecular weight is 456 g/mol. The number of thiocarbonyl (C=S) groups is 1. The second-order valence-corrected chi connectivity index (χ2v) is 9.79. The summed E-state index contributed by atoms with van der Waals surface area (Å²) in [7, 11) is 0. The number of nitrogens with one attached hydrogen (secondary N) is 2. The van der Waals surface area contributed by atoms with E-state index in [9.17, 15) is 4.39 Å². The fraction of sp³-hybridized carbons (Fsp3) is 0.560. The minimum Gasteiger partial charge on any atom is -0.361 e. The van der Waals surface area contributed by atoms with Crippen LogP contribution in [0.25, 0.3) is 0 Å². The molecule has 1 aliphatic heterocycles. The van der Waals surface area contributed by atoms with Crippen LogP contribution in [0.15, 0.2) is 30.3 Å². The van der Waals surface area contributed by atoms with Crippen LogP contribution in [0.1, 0.15) is 69.5 Å². The first-order valence-corrected chi connectivity index (χ1v) is 12.3. The van der Waals surface area contributed by atoms with Crippen LogP contribution in [-0.2, 0) is 5.41 Å². The second kappa shape index (κ2) is 10.1. The Morgan fingerprint density at radius 2 is 1.88 bits per heavy atom. The van der Waals surface area contributed by atoms with Crippen LogP contribution < -0.4 is 15.5 Å². The molecule has 1 saturated carbocycles. The van der Waals surface area contributed by atoms with Crippen molar-refractivity contribution in [2.45, 2.75) is 76.7 Å². The molecule has 1 aliphatic carbocycles. The third-order valence-corrected chi connectivity index (χ3v) is 7.26. The third kappa shape index (κ3) is 5.37. The lowest BCUT2D eigenvalue weighted by Crippen LogP contribution is -2.43. The largest absolute Gasteiger partial charge is 0.361 e. The van der Waals surface area contributed by atoms with E-state index < -0.39 is 0 Å². The molecule has 5 nitrogen and oxygen atoms in total. The van der Waals surface area contributed by atoms with Gasteiger partial charge in [-0.15, -0.1) is 0 Å². The van der Waals surface area contributed by atoms with E-state index in [1.54, 1.807) is 12.1 Å². The zero-order chi connectivity index (χ0) is 22.6. The average Bonchev–Trinajstić information content (AvgIpc) is 2.79. The van der Waals surface area contributed by atoms with Crippen LogP contribution in [0.4, 0.5) is 16.2 Å². The fourth-order valence-electron chi connectivity index (χ4n) is 5.19. The summed E-state index contributed by atoms with van der Waals surface area (Å²) in [6.07, 6.45) is 9.42. The number of hydrogen-bond acceptors (Lipinski definition) is 4. The highest BCUT2D eigenvalue weighted by molar-refractivity contribution is 7.80. The first kappa shape index (κ1) is 22.9. The first-order chi connectivity index (χ1) is 15.4. The molecule has 172 valence electrons. The van der Waals surface area contributed by atoms with Crippen molar-refractivity contribution in [1.29, 1.82) is 0 Å². The van der Waals surface area contributed by atoms with E-state index in [1.165, 1.54) is 44.1 Å². The molecule has 0 radical (unpaired) electrons. The minimum absolute atomic E-state index is 0.0282. The lowest BCUT2D eigenvalue weighted by molar-refractivity contribution is 0.292. The molecule has 7 heteroatoms. The molecule has 4 rings (SSSR count). The van der Waals surface area contributed by atoms with E-state index >= 15 is 0 Å². The third-order valence-electron chi connectivity index (χ3n) is 7.02. The summed E-state index contributed by atoms with van der Waals surface area (Å²) >= 11 is 5.62. The maximum atomic E-state index is 13.5. The molecule has 32 heavy (non-hydrogen) atoms. The molecule has 1 atom stereocenters. The van der Waals surface area contributed by atoms with Gasteiger partial charge in [0.25, 0.3) is 0 Å². The van der Waals surface area contributed by atoms with Crippen LogP contribution in [0.3, 0.4) is 0 Å². The Balaban J connectivity index is 1.44. The van der Waals surface area contributed by atoms with Crippen molar-refractivity contribution in [3.63, 3.8) is 0 Å². The van der Waals surface area contributed by atoms with E-state index in [0.29, 0.717) is 23.6 Å². The van der Waals surface area contributed by atoms with Gasteiger partial charge in [-0.1, -0.05) is 31.4 Å². The standard InChI is InChI=1S/C25H34FN5S/c1-18-16-22(31-15-7-4-8-19(31)2)29-23(28-18)30-24(32)27-17-25(13-5-3-6-14-25)20-9-11-21(26)12-10-20/h9-12,16,19H,3-8,13-15,17H2,1-2H3,(H2,27,28,29,30,32)/t19-/m0/s1. The van der Waals surface area contributed by atoms with Crippen LogP contribution in [0.5, 0.6) is 0 Å². The molecular weight excluding hydrogens is 421 g/mol. The Hall–Kier alpha value is -2.28. The van der Waals surface area contributed by atoms with E-state index in [0.717, 1.165) is 30.9 Å². The predicted molar refractivity (Wildman–Crippen MR) is 133 cm³/mol. The van der Waals surface area contributed by atoms with E-state index in [-0.39, 0.29) is 11.2 Å². The molecule has 1 saturated heterocycles. The van der Waals surface area contributed by atoms with Gasteiger partial charge in [0.05, 0.1) is 0 Å². The summed E-state index contributed by atoms with van der Waals surface area (Å²) in [5, 5.41) is 7.15. The Morgan fingerprint density at radius 3 is 2.59 bits per heavy atom. The molecule has 2 N–H and O–H groups in total. The molecule has 0 amide bonds. The van der Waals surface area contributed by atoms with Gasteiger partial charge in [0.2, 0.25) is 5.95 Å². The van der Waals surface area contributed by atoms with Gasteiger partial charge >= 0.3 is 0 Å². The zero-order valence-corrected chi connectivity index (χ0v) is 20.0. The fourth-order valence-corrected chi connectivity index (χ4v) is 5.35. The second-order valence-electron chi connectivity index (χ2n) is 9.38. The summed E-state index contributed by atoms with van der Waals surface area (Å²) in [6, 6.07) is 9.51. The van der Waals surface area contributed by atoms with Gasteiger partial charge in [-0.3, -0.25) is 0 Å². The number of aromatic nitrogens is 2. The van der Waals surface area contributed by atoms with Gasteiger partial charge in [-0.2, -0.15) is 4.98 Å². The van der Waals surface area contributed by atoms with Crippen LogP contribution in [-0.4, -0.2) is 34.2 Å². The van der Waals surface area contributed by atoms with Gasteiger partial charge in [0.15, 0.2) is 5.11 Å². The number of benzene rings is 1. The summed E-state index contributed by atoms with van der Waals surface area (Å²) in [6.45, 7) is 5.99. The smallest absolute Gasteiger partial charge is 0.231 e. The highest BCUT2D eigenvalue weighted by Crippen LogP contribution is 2.39. The maximum absolute atomic E-state index is 13.5. The molecule has 2 fully saturated rings. The van der Waals surface area contributed by atoms with E-state index in [2.05, 4.69) is 33.5 Å². The highest BCUT2D eigenvalue weighted by atomic mass is 32.1. The van der Waals surface area contributed by atoms with Crippen LogP contribution >= 0.6 is 12.2 Å². The summed E-state index contributed by atoms with van der Waals surface area (Å²) in [4.78, 5) is 11.7. The summed E-state index contributed by atoms with van der Waals surface area (Å²) in [5.74, 6) is 1.31. The first-order valence-electron chi connectivity index (χ1n) is 11.9. The molecule has 2 heterocycles. The molecule has 1 aromatic carbocycles. The Kier molecular flexibility index (Phi) is 7.23. The van der Waals surface area contributed by atoms with Gasteiger partial charge in [-0.25, -0.2) is 9.37 Å². The summed E-state index contributed by atoms with van der Waals surface area (Å²) in [5.41, 5.74) is 2.08. The Labute approximate surface area is 196 Å². The van der Waals surface area contributed by atoms with E-state index in [1.807, 2.05) is 19.1 Å². The molecule has 2 aliphatic rings. The van der Waals surface area contributed by atoms with Crippen molar-refractivity contribution >= 4 is 29.1 Å². The zero-order valence-electron chi connectivity index (χ0n) is 19.2. The maximum Gasteiger partial charge on any atom is 0.231 e. The number of aryl methyl sites for hydroxylation is 1. The number of hydrogen-bond donors (Lipinski definition) is 2.